The summed E-state index contributed by atoms with van der Waals surface area (Å²) in [5.74, 6) is -2.01. The second-order valence-corrected chi connectivity index (χ2v) is 3.35. The van der Waals surface area contributed by atoms with Crippen molar-refractivity contribution in [2.24, 2.45) is 0 Å². The molecule has 0 aromatic carbocycles. The SMILES string of the molecule is Fc1c(C(F)(F)F)ncc(CBr)c1C(F)F. The highest BCUT2D eigenvalue weighted by molar-refractivity contribution is 9.08. The molecule has 0 fully saturated rings. The summed E-state index contributed by atoms with van der Waals surface area (Å²) in [4.78, 5) is 2.80. The number of rotatable bonds is 2. The molecule has 0 atom stereocenters. The zero-order valence-corrected chi connectivity index (χ0v) is 9.04. The first-order valence-corrected chi connectivity index (χ1v) is 4.99. The molecule has 0 N–H and O–H groups in total. The molecule has 1 aromatic rings. The Bertz CT molecular complexity index is 389. The molecule has 1 heterocycles. The Morgan fingerprint density at radius 3 is 2.25 bits per heavy atom. The number of hydrogen-bond acceptors (Lipinski definition) is 1. The Balaban J connectivity index is 3.44. The van der Waals surface area contributed by atoms with Gasteiger partial charge >= 0.3 is 6.18 Å². The van der Waals surface area contributed by atoms with Gasteiger partial charge in [-0.25, -0.2) is 18.2 Å². The third-order valence-corrected chi connectivity index (χ3v) is 2.37. The predicted octanol–water partition coefficient (Wildman–Crippen LogP) is 4.07. The van der Waals surface area contributed by atoms with E-state index >= 15 is 0 Å². The van der Waals surface area contributed by atoms with E-state index in [0.29, 0.717) is 6.20 Å². The van der Waals surface area contributed by atoms with Crippen LogP contribution in [0.3, 0.4) is 0 Å². The van der Waals surface area contributed by atoms with Crippen molar-refractivity contribution in [3.63, 3.8) is 0 Å². The largest absolute Gasteiger partial charge is 0.436 e. The lowest BCUT2D eigenvalue weighted by Gasteiger charge is -2.12. The number of alkyl halides is 6. The Kier molecular flexibility index (Phi) is 3.82. The number of nitrogens with zero attached hydrogens (tertiary/aromatic N) is 1. The molecule has 0 radical (unpaired) electrons. The van der Waals surface area contributed by atoms with Crippen LogP contribution in [0.2, 0.25) is 0 Å². The highest BCUT2D eigenvalue weighted by Gasteiger charge is 2.38. The van der Waals surface area contributed by atoms with Crippen LogP contribution in [0, 0.1) is 5.82 Å². The molecule has 1 aromatic heterocycles. The number of halogens is 7. The van der Waals surface area contributed by atoms with Crippen LogP contribution in [0.1, 0.15) is 23.2 Å². The first-order valence-electron chi connectivity index (χ1n) is 3.87. The standard InChI is InChI=1S/C8H4BrF6N/c9-1-3-2-16-6(8(13,14)15)5(10)4(3)7(11)12/h2,7H,1H2. The van der Waals surface area contributed by atoms with Crippen LogP contribution in [-0.2, 0) is 11.5 Å². The fraction of sp³-hybridized carbons (Fsp3) is 0.375. The average Bonchev–Trinajstić information content (AvgIpc) is 2.14. The lowest BCUT2D eigenvalue weighted by molar-refractivity contribution is -0.143. The number of pyridine rings is 1. The van der Waals surface area contributed by atoms with Crippen molar-refractivity contribution in [3.05, 3.63) is 28.8 Å². The van der Waals surface area contributed by atoms with E-state index in [1.165, 1.54) is 0 Å². The molecule has 1 nitrogen and oxygen atoms in total. The molecule has 90 valence electrons. The first kappa shape index (κ1) is 13.3. The van der Waals surface area contributed by atoms with Gasteiger partial charge in [-0.15, -0.1) is 0 Å². The maximum Gasteiger partial charge on any atom is 0.436 e. The fourth-order valence-corrected chi connectivity index (χ4v) is 1.52. The predicted molar refractivity (Wildman–Crippen MR) is 46.8 cm³/mol. The van der Waals surface area contributed by atoms with Crippen molar-refractivity contribution in [1.82, 2.24) is 4.98 Å². The number of aromatic nitrogens is 1. The van der Waals surface area contributed by atoms with Crippen LogP contribution >= 0.6 is 15.9 Å². The van der Waals surface area contributed by atoms with Gasteiger partial charge in [0.2, 0.25) is 0 Å². The van der Waals surface area contributed by atoms with Crippen LogP contribution in [0.5, 0.6) is 0 Å². The average molecular weight is 308 g/mol. The van der Waals surface area contributed by atoms with E-state index in [0.717, 1.165) is 0 Å². The van der Waals surface area contributed by atoms with Crippen molar-refractivity contribution in [1.29, 1.82) is 0 Å². The molecule has 0 aliphatic rings. The number of hydrogen-bond donors (Lipinski definition) is 0. The molecule has 0 amide bonds. The Morgan fingerprint density at radius 2 is 1.88 bits per heavy atom. The minimum atomic E-state index is -5.08. The summed E-state index contributed by atoms with van der Waals surface area (Å²) < 4.78 is 74.5. The van der Waals surface area contributed by atoms with E-state index in [-0.39, 0.29) is 10.9 Å². The van der Waals surface area contributed by atoms with Gasteiger partial charge in [-0.2, -0.15) is 13.2 Å². The van der Waals surface area contributed by atoms with E-state index in [4.69, 9.17) is 0 Å². The second kappa shape index (κ2) is 4.60. The molecular weight excluding hydrogens is 304 g/mol. The molecule has 0 aliphatic heterocycles. The molecule has 16 heavy (non-hydrogen) atoms. The summed E-state index contributed by atoms with van der Waals surface area (Å²) in [5, 5.41) is -0.200. The summed E-state index contributed by atoms with van der Waals surface area (Å²) >= 11 is 2.76. The third kappa shape index (κ3) is 2.47. The van der Waals surface area contributed by atoms with Crippen LogP contribution in [0.4, 0.5) is 26.3 Å². The van der Waals surface area contributed by atoms with E-state index in [2.05, 4.69) is 20.9 Å². The van der Waals surface area contributed by atoms with Gasteiger partial charge in [0.25, 0.3) is 6.43 Å². The fourth-order valence-electron chi connectivity index (χ4n) is 1.08. The molecule has 0 bridgehead atoms. The Labute approximate surface area is 94.6 Å². The lowest BCUT2D eigenvalue weighted by Crippen LogP contribution is -2.14. The maximum atomic E-state index is 13.2. The molecule has 0 aliphatic carbocycles. The van der Waals surface area contributed by atoms with Crippen LogP contribution < -0.4 is 0 Å². The highest BCUT2D eigenvalue weighted by Crippen LogP contribution is 2.35. The zero-order chi connectivity index (χ0) is 12.5. The third-order valence-electron chi connectivity index (χ3n) is 1.77. The van der Waals surface area contributed by atoms with Crippen LogP contribution in [0.15, 0.2) is 6.20 Å². The Hall–Kier alpha value is -0.790. The summed E-state index contributed by atoms with van der Waals surface area (Å²) in [7, 11) is 0. The van der Waals surface area contributed by atoms with Gasteiger partial charge in [0.1, 0.15) is 0 Å². The van der Waals surface area contributed by atoms with Crippen molar-refractivity contribution in [2.75, 3.05) is 0 Å². The molecule has 0 saturated heterocycles. The molecular formula is C8H4BrF6N. The minimum Gasteiger partial charge on any atom is -0.249 e. The molecule has 0 spiro atoms. The normalized spacial score (nSPS) is 12.2. The van der Waals surface area contributed by atoms with Gasteiger partial charge in [-0.1, -0.05) is 15.9 Å². The molecule has 0 saturated carbocycles. The first-order chi connectivity index (χ1) is 7.29. The van der Waals surface area contributed by atoms with E-state index in [1.807, 2.05) is 0 Å². The summed E-state index contributed by atoms with van der Waals surface area (Å²) in [6.07, 6.45) is -7.82. The molecule has 1 rings (SSSR count). The smallest absolute Gasteiger partial charge is 0.249 e. The molecule has 0 unspecified atom stereocenters. The topological polar surface area (TPSA) is 12.9 Å². The van der Waals surface area contributed by atoms with Gasteiger partial charge in [0, 0.05) is 11.5 Å². The summed E-state index contributed by atoms with van der Waals surface area (Å²) in [6, 6.07) is 0. The van der Waals surface area contributed by atoms with Crippen molar-refractivity contribution < 1.29 is 26.3 Å². The van der Waals surface area contributed by atoms with Crippen molar-refractivity contribution in [3.8, 4) is 0 Å². The van der Waals surface area contributed by atoms with Gasteiger partial charge in [-0.05, 0) is 5.56 Å². The van der Waals surface area contributed by atoms with Gasteiger partial charge < -0.3 is 0 Å². The van der Waals surface area contributed by atoms with Crippen LogP contribution in [-0.4, -0.2) is 4.98 Å². The van der Waals surface area contributed by atoms with Crippen LogP contribution in [0.25, 0.3) is 0 Å². The minimum absolute atomic E-state index is 0.200. The zero-order valence-electron chi connectivity index (χ0n) is 7.45. The maximum absolute atomic E-state index is 13.2. The van der Waals surface area contributed by atoms with E-state index in [9.17, 15) is 26.3 Å². The van der Waals surface area contributed by atoms with Gasteiger partial charge in [-0.3, -0.25) is 0 Å². The summed E-state index contributed by atoms with van der Waals surface area (Å²) in [6.45, 7) is 0. The Morgan fingerprint density at radius 1 is 1.31 bits per heavy atom. The van der Waals surface area contributed by atoms with Gasteiger partial charge in [0.15, 0.2) is 11.5 Å². The quantitative estimate of drug-likeness (QED) is 0.593. The molecule has 8 heteroatoms. The monoisotopic (exact) mass is 307 g/mol. The lowest BCUT2D eigenvalue weighted by atomic mass is 10.1. The van der Waals surface area contributed by atoms with Crippen molar-refractivity contribution >= 4 is 15.9 Å². The second-order valence-electron chi connectivity index (χ2n) is 2.79. The highest BCUT2D eigenvalue weighted by atomic mass is 79.9. The van der Waals surface area contributed by atoms with Gasteiger partial charge in [0.05, 0.1) is 5.56 Å². The summed E-state index contributed by atoms with van der Waals surface area (Å²) in [5.41, 5.74) is -3.49. The van der Waals surface area contributed by atoms with Crippen molar-refractivity contribution in [2.45, 2.75) is 17.9 Å². The van der Waals surface area contributed by atoms with E-state index in [1.54, 1.807) is 0 Å². The van der Waals surface area contributed by atoms with E-state index < -0.39 is 29.7 Å².